The minimum atomic E-state index is 0.671. The van der Waals surface area contributed by atoms with Gasteiger partial charge in [-0.3, -0.25) is 4.90 Å². The van der Waals surface area contributed by atoms with E-state index in [-0.39, 0.29) is 0 Å². The van der Waals surface area contributed by atoms with Crippen LogP contribution < -0.4 is 5.32 Å². The maximum Gasteiger partial charge on any atom is 0.0947 e. The van der Waals surface area contributed by atoms with Crippen LogP contribution >= 0.6 is 0 Å². The van der Waals surface area contributed by atoms with Crippen LogP contribution in [-0.4, -0.2) is 30.1 Å². The van der Waals surface area contributed by atoms with Gasteiger partial charge in [0.15, 0.2) is 0 Å². The molecule has 1 saturated heterocycles. The van der Waals surface area contributed by atoms with Gasteiger partial charge in [0.1, 0.15) is 0 Å². The summed E-state index contributed by atoms with van der Waals surface area (Å²) in [6.07, 6.45) is 12.1. The Morgan fingerprint density at radius 2 is 2.15 bits per heavy atom. The number of hydrogen-bond donors (Lipinski definition) is 1. The van der Waals surface area contributed by atoms with Gasteiger partial charge < -0.3 is 9.73 Å². The van der Waals surface area contributed by atoms with Crippen LogP contribution in [0.5, 0.6) is 0 Å². The molecule has 1 aromatic heterocycles. The van der Waals surface area contributed by atoms with Gasteiger partial charge in [0.2, 0.25) is 0 Å². The molecule has 1 N–H and O–H groups in total. The van der Waals surface area contributed by atoms with Crippen molar-refractivity contribution in [1.82, 2.24) is 10.2 Å². The standard InChI is InChI=1S/C17H28N2O/c1-2-16-10-18-17(15-6-4-3-5-7-15)12-19(16)11-14-8-9-20-13-14/h8-9,13,15-18H,2-7,10-12H2,1H3. The third-order valence-corrected chi connectivity index (χ3v) is 5.22. The summed E-state index contributed by atoms with van der Waals surface area (Å²) in [6, 6.07) is 3.47. The number of piperazine rings is 1. The van der Waals surface area contributed by atoms with Crippen LogP contribution in [0.3, 0.4) is 0 Å². The SMILES string of the molecule is CCC1CNC(C2CCCCC2)CN1Cc1ccoc1. The van der Waals surface area contributed by atoms with Gasteiger partial charge in [-0.15, -0.1) is 0 Å². The van der Waals surface area contributed by atoms with Crippen molar-refractivity contribution in [2.75, 3.05) is 13.1 Å². The second kappa shape index (κ2) is 6.77. The van der Waals surface area contributed by atoms with Gasteiger partial charge >= 0.3 is 0 Å². The van der Waals surface area contributed by atoms with Crippen molar-refractivity contribution in [2.45, 2.75) is 64.1 Å². The van der Waals surface area contributed by atoms with Crippen LogP contribution in [0.1, 0.15) is 51.0 Å². The van der Waals surface area contributed by atoms with Gasteiger partial charge in [0, 0.05) is 37.3 Å². The molecule has 3 heteroatoms. The van der Waals surface area contributed by atoms with Crippen LogP contribution in [0.2, 0.25) is 0 Å². The molecular formula is C17H28N2O. The van der Waals surface area contributed by atoms with E-state index >= 15 is 0 Å². The van der Waals surface area contributed by atoms with Crippen LogP contribution in [0.15, 0.2) is 23.0 Å². The predicted octanol–water partition coefficient (Wildman–Crippen LogP) is 3.41. The Morgan fingerprint density at radius 1 is 1.30 bits per heavy atom. The van der Waals surface area contributed by atoms with Crippen LogP contribution in [0, 0.1) is 5.92 Å². The van der Waals surface area contributed by atoms with E-state index in [0.717, 1.165) is 19.0 Å². The first-order chi connectivity index (χ1) is 9.86. The molecular weight excluding hydrogens is 248 g/mol. The smallest absolute Gasteiger partial charge is 0.0947 e. The zero-order valence-corrected chi connectivity index (χ0v) is 12.7. The summed E-state index contributed by atoms with van der Waals surface area (Å²) in [5, 5.41) is 3.83. The molecule has 112 valence electrons. The summed E-state index contributed by atoms with van der Waals surface area (Å²) in [5.41, 5.74) is 1.31. The molecule has 3 rings (SSSR count). The highest BCUT2D eigenvalue weighted by atomic mass is 16.3. The molecule has 2 fully saturated rings. The lowest BCUT2D eigenvalue weighted by Crippen LogP contribution is -2.58. The zero-order chi connectivity index (χ0) is 13.8. The van der Waals surface area contributed by atoms with Crippen LogP contribution in [0.25, 0.3) is 0 Å². The van der Waals surface area contributed by atoms with E-state index in [4.69, 9.17) is 4.42 Å². The van der Waals surface area contributed by atoms with E-state index in [9.17, 15) is 0 Å². The highest BCUT2D eigenvalue weighted by Gasteiger charge is 2.32. The molecule has 0 aromatic carbocycles. The summed E-state index contributed by atoms with van der Waals surface area (Å²) >= 11 is 0. The Labute approximate surface area is 122 Å². The van der Waals surface area contributed by atoms with E-state index in [1.54, 1.807) is 6.26 Å². The van der Waals surface area contributed by atoms with Gasteiger partial charge in [0.05, 0.1) is 12.5 Å². The molecule has 1 saturated carbocycles. The summed E-state index contributed by atoms with van der Waals surface area (Å²) < 4.78 is 5.23. The lowest BCUT2D eigenvalue weighted by Gasteiger charge is -2.43. The Bertz CT molecular complexity index is 384. The maximum absolute atomic E-state index is 5.23. The number of hydrogen-bond acceptors (Lipinski definition) is 3. The highest BCUT2D eigenvalue weighted by molar-refractivity contribution is 5.06. The fraction of sp³-hybridized carbons (Fsp3) is 0.765. The number of nitrogens with zero attached hydrogens (tertiary/aromatic N) is 1. The molecule has 1 aliphatic heterocycles. The largest absolute Gasteiger partial charge is 0.472 e. The van der Waals surface area contributed by atoms with Crippen molar-refractivity contribution in [3.8, 4) is 0 Å². The lowest BCUT2D eigenvalue weighted by atomic mass is 9.82. The van der Waals surface area contributed by atoms with Crippen molar-refractivity contribution in [2.24, 2.45) is 5.92 Å². The molecule has 0 bridgehead atoms. The van der Waals surface area contributed by atoms with Gasteiger partial charge in [-0.25, -0.2) is 0 Å². The summed E-state index contributed by atoms with van der Waals surface area (Å²) in [4.78, 5) is 2.67. The van der Waals surface area contributed by atoms with E-state index in [1.807, 2.05) is 6.26 Å². The minimum absolute atomic E-state index is 0.671. The van der Waals surface area contributed by atoms with Crippen molar-refractivity contribution in [3.63, 3.8) is 0 Å². The molecule has 0 radical (unpaired) electrons. The second-order valence-electron chi connectivity index (χ2n) is 6.54. The molecule has 2 heterocycles. The first-order valence-corrected chi connectivity index (χ1v) is 8.35. The van der Waals surface area contributed by atoms with E-state index in [2.05, 4.69) is 23.2 Å². The van der Waals surface area contributed by atoms with Gasteiger partial charge in [-0.1, -0.05) is 26.2 Å². The van der Waals surface area contributed by atoms with E-state index in [1.165, 1.54) is 50.6 Å². The van der Waals surface area contributed by atoms with E-state index < -0.39 is 0 Å². The first-order valence-electron chi connectivity index (χ1n) is 8.35. The van der Waals surface area contributed by atoms with Gasteiger partial charge in [0.25, 0.3) is 0 Å². The highest BCUT2D eigenvalue weighted by Crippen LogP contribution is 2.29. The van der Waals surface area contributed by atoms with E-state index in [0.29, 0.717) is 12.1 Å². The Morgan fingerprint density at radius 3 is 2.85 bits per heavy atom. The number of furan rings is 1. The molecule has 20 heavy (non-hydrogen) atoms. The summed E-state index contributed by atoms with van der Waals surface area (Å²) in [7, 11) is 0. The maximum atomic E-state index is 5.23. The molecule has 1 aliphatic carbocycles. The quantitative estimate of drug-likeness (QED) is 0.913. The molecule has 2 atom stereocenters. The Hall–Kier alpha value is -0.800. The predicted molar refractivity (Wildman–Crippen MR) is 81.6 cm³/mol. The van der Waals surface area contributed by atoms with Crippen LogP contribution in [-0.2, 0) is 6.54 Å². The molecule has 0 spiro atoms. The number of rotatable bonds is 4. The molecule has 2 aliphatic rings. The lowest BCUT2D eigenvalue weighted by molar-refractivity contribution is 0.0872. The van der Waals surface area contributed by atoms with Crippen LogP contribution in [0.4, 0.5) is 0 Å². The molecule has 3 nitrogen and oxygen atoms in total. The monoisotopic (exact) mass is 276 g/mol. The Balaban J connectivity index is 1.62. The first kappa shape index (κ1) is 14.2. The fourth-order valence-corrected chi connectivity index (χ4v) is 3.95. The fourth-order valence-electron chi connectivity index (χ4n) is 3.95. The normalized spacial score (nSPS) is 29.6. The van der Waals surface area contributed by atoms with Crippen molar-refractivity contribution >= 4 is 0 Å². The van der Waals surface area contributed by atoms with Crippen molar-refractivity contribution in [3.05, 3.63) is 24.2 Å². The summed E-state index contributed by atoms with van der Waals surface area (Å²) in [5.74, 6) is 0.897. The molecule has 1 aromatic rings. The molecule has 0 amide bonds. The third kappa shape index (κ3) is 3.26. The zero-order valence-electron chi connectivity index (χ0n) is 12.7. The Kier molecular flexibility index (Phi) is 4.79. The van der Waals surface area contributed by atoms with Gasteiger partial charge in [-0.05, 0) is 31.2 Å². The second-order valence-corrected chi connectivity index (χ2v) is 6.54. The van der Waals surface area contributed by atoms with Gasteiger partial charge in [-0.2, -0.15) is 0 Å². The molecule has 2 unspecified atom stereocenters. The number of nitrogens with one attached hydrogen (secondary N) is 1. The third-order valence-electron chi connectivity index (χ3n) is 5.22. The minimum Gasteiger partial charge on any atom is -0.472 e. The summed E-state index contributed by atoms with van der Waals surface area (Å²) in [6.45, 7) is 5.69. The topological polar surface area (TPSA) is 28.4 Å². The van der Waals surface area contributed by atoms with Crippen molar-refractivity contribution in [1.29, 1.82) is 0 Å². The average Bonchev–Trinajstić information content (AvgIpc) is 3.01. The average molecular weight is 276 g/mol. The van der Waals surface area contributed by atoms with Crippen molar-refractivity contribution < 1.29 is 4.42 Å².